The Morgan fingerprint density at radius 1 is 0.759 bits per heavy atom. The lowest BCUT2D eigenvalue weighted by Gasteiger charge is -2.16. The first-order chi connectivity index (χ1) is 14.3. The molecule has 5 rings (SSSR count). The highest BCUT2D eigenvalue weighted by Crippen LogP contribution is 2.28. The Morgan fingerprint density at radius 3 is 2.10 bits per heavy atom. The van der Waals surface area contributed by atoms with Crippen LogP contribution >= 0.6 is 11.8 Å². The van der Waals surface area contributed by atoms with E-state index in [0.29, 0.717) is 5.82 Å². The van der Waals surface area contributed by atoms with E-state index in [9.17, 15) is 0 Å². The van der Waals surface area contributed by atoms with Gasteiger partial charge in [-0.3, -0.25) is 0 Å². The average molecular weight is 398 g/mol. The van der Waals surface area contributed by atoms with E-state index < -0.39 is 0 Å². The molecular formula is C23H19N5S. The fourth-order valence-electron chi connectivity index (χ4n) is 3.37. The molecule has 0 spiro atoms. The van der Waals surface area contributed by atoms with Crippen LogP contribution in [0.25, 0.3) is 11.1 Å². The monoisotopic (exact) mass is 397 g/mol. The van der Waals surface area contributed by atoms with Gasteiger partial charge in [0.15, 0.2) is 5.82 Å². The zero-order valence-corrected chi connectivity index (χ0v) is 16.5. The van der Waals surface area contributed by atoms with Crippen molar-refractivity contribution in [2.45, 2.75) is 11.2 Å². The molecule has 0 fully saturated rings. The summed E-state index contributed by atoms with van der Waals surface area (Å²) in [6, 6.07) is 28.4. The third kappa shape index (κ3) is 3.48. The maximum Gasteiger partial charge on any atom is 0.212 e. The summed E-state index contributed by atoms with van der Waals surface area (Å²) in [5, 5.41) is 14.2. The molecule has 2 heterocycles. The molecule has 0 radical (unpaired) electrons. The lowest BCUT2D eigenvalue weighted by Crippen LogP contribution is -2.20. The van der Waals surface area contributed by atoms with Crippen molar-refractivity contribution in [2.24, 2.45) is 10.8 Å². The molecular weight excluding hydrogens is 378 g/mol. The summed E-state index contributed by atoms with van der Waals surface area (Å²) in [6.07, 6.45) is 0. The Hall–Kier alpha value is -3.22. The molecule has 5 nitrogen and oxygen atoms in total. The minimum Gasteiger partial charge on any atom is -0.318 e. The summed E-state index contributed by atoms with van der Waals surface area (Å²) in [5.41, 5.74) is 11.9. The van der Waals surface area contributed by atoms with Gasteiger partial charge in [-0.2, -0.15) is 9.78 Å². The van der Waals surface area contributed by atoms with Gasteiger partial charge in [0, 0.05) is 5.75 Å². The van der Waals surface area contributed by atoms with Gasteiger partial charge in [0.25, 0.3) is 0 Å². The molecule has 0 amide bonds. The van der Waals surface area contributed by atoms with E-state index in [-0.39, 0.29) is 6.04 Å². The number of nitrogens with two attached hydrogens (primary N) is 1. The number of thioether (sulfide) groups is 1. The SMILES string of the molecule is NC(c1ccccc1)c1nnc2n1N=C(c1ccc(-c3ccccc3)cc1)CS2. The first kappa shape index (κ1) is 17.8. The Labute approximate surface area is 173 Å². The molecule has 1 aliphatic rings. The van der Waals surface area contributed by atoms with Gasteiger partial charge in [-0.25, -0.2) is 0 Å². The van der Waals surface area contributed by atoms with E-state index in [2.05, 4.69) is 58.7 Å². The van der Waals surface area contributed by atoms with Gasteiger partial charge < -0.3 is 5.73 Å². The van der Waals surface area contributed by atoms with Crippen LogP contribution in [0, 0.1) is 0 Å². The summed E-state index contributed by atoms with van der Waals surface area (Å²) in [7, 11) is 0. The molecule has 2 N–H and O–H groups in total. The molecule has 3 aromatic carbocycles. The summed E-state index contributed by atoms with van der Waals surface area (Å²) in [6.45, 7) is 0. The van der Waals surface area contributed by atoms with Crippen molar-refractivity contribution in [2.75, 3.05) is 5.75 Å². The molecule has 6 heteroatoms. The summed E-state index contributed by atoms with van der Waals surface area (Å²) in [5.74, 6) is 1.40. The van der Waals surface area contributed by atoms with E-state index in [4.69, 9.17) is 10.8 Å². The van der Waals surface area contributed by atoms with E-state index >= 15 is 0 Å². The van der Waals surface area contributed by atoms with Crippen LogP contribution in [0.2, 0.25) is 0 Å². The third-order valence-corrected chi connectivity index (χ3v) is 5.89. The number of fused-ring (bicyclic) bond motifs is 1. The van der Waals surface area contributed by atoms with Crippen molar-refractivity contribution < 1.29 is 0 Å². The fourth-order valence-corrected chi connectivity index (χ4v) is 4.22. The molecule has 0 saturated carbocycles. The van der Waals surface area contributed by atoms with Crippen LogP contribution < -0.4 is 5.73 Å². The van der Waals surface area contributed by atoms with Crippen LogP contribution in [-0.4, -0.2) is 26.3 Å². The molecule has 1 atom stereocenters. The number of benzene rings is 3. The zero-order chi connectivity index (χ0) is 19.6. The lowest BCUT2D eigenvalue weighted by atomic mass is 10.0. The van der Waals surface area contributed by atoms with Crippen LogP contribution in [0.3, 0.4) is 0 Å². The van der Waals surface area contributed by atoms with Crippen LogP contribution in [-0.2, 0) is 0 Å². The van der Waals surface area contributed by atoms with Crippen molar-refractivity contribution in [3.8, 4) is 11.1 Å². The number of aromatic nitrogens is 3. The number of rotatable bonds is 4. The highest BCUT2D eigenvalue weighted by atomic mass is 32.2. The summed E-state index contributed by atoms with van der Waals surface area (Å²) in [4.78, 5) is 0. The second kappa shape index (κ2) is 7.66. The smallest absolute Gasteiger partial charge is 0.212 e. The zero-order valence-electron chi connectivity index (χ0n) is 15.6. The lowest BCUT2D eigenvalue weighted by molar-refractivity contribution is 0.666. The standard InChI is InChI=1S/C23H19N5S/c24-21(19-9-5-2-6-10-19)22-25-26-23-28(22)27-20(15-29-23)18-13-11-17(12-14-18)16-7-3-1-4-8-16/h1-14,21H,15,24H2. The van der Waals surface area contributed by atoms with Crippen LogP contribution in [0.1, 0.15) is 23.0 Å². The van der Waals surface area contributed by atoms with Crippen LogP contribution in [0.5, 0.6) is 0 Å². The Balaban J connectivity index is 1.47. The van der Waals surface area contributed by atoms with Gasteiger partial charge in [-0.1, -0.05) is 96.7 Å². The average Bonchev–Trinajstić information content (AvgIpc) is 3.23. The molecule has 0 bridgehead atoms. The van der Waals surface area contributed by atoms with Crippen LogP contribution in [0.15, 0.2) is 95.2 Å². The number of hydrogen-bond donors (Lipinski definition) is 1. The van der Waals surface area contributed by atoms with Gasteiger partial charge in [-0.15, -0.1) is 10.2 Å². The van der Waals surface area contributed by atoms with E-state index in [1.54, 1.807) is 16.4 Å². The molecule has 1 aliphatic heterocycles. The van der Waals surface area contributed by atoms with Crippen molar-refractivity contribution in [3.63, 3.8) is 0 Å². The second-order valence-electron chi connectivity index (χ2n) is 6.82. The first-order valence-electron chi connectivity index (χ1n) is 9.42. The minimum atomic E-state index is -0.374. The fraction of sp³-hybridized carbons (Fsp3) is 0.0870. The minimum absolute atomic E-state index is 0.374. The highest BCUT2D eigenvalue weighted by molar-refractivity contribution is 7.99. The van der Waals surface area contributed by atoms with Crippen molar-refractivity contribution >= 4 is 17.5 Å². The van der Waals surface area contributed by atoms with Crippen molar-refractivity contribution in [1.82, 2.24) is 14.9 Å². The largest absolute Gasteiger partial charge is 0.318 e. The van der Waals surface area contributed by atoms with Crippen molar-refractivity contribution in [3.05, 3.63) is 102 Å². The Morgan fingerprint density at radius 2 is 1.38 bits per heavy atom. The van der Waals surface area contributed by atoms with Crippen molar-refractivity contribution in [1.29, 1.82) is 0 Å². The predicted octanol–water partition coefficient (Wildman–Crippen LogP) is 4.35. The van der Waals surface area contributed by atoms with E-state index in [1.807, 2.05) is 36.4 Å². The van der Waals surface area contributed by atoms with Crippen LogP contribution in [0.4, 0.5) is 0 Å². The molecule has 4 aromatic rings. The molecule has 0 saturated heterocycles. The molecule has 29 heavy (non-hydrogen) atoms. The number of hydrogen-bond acceptors (Lipinski definition) is 5. The quantitative estimate of drug-likeness (QED) is 0.556. The normalized spacial score (nSPS) is 14.2. The Kier molecular flexibility index (Phi) is 4.71. The van der Waals surface area contributed by atoms with Gasteiger partial charge >= 0.3 is 0 Å². The summed E-state index contributed by atoms with van der Waals surface area (Å²) < 4.78 is 1.78. The van der Waals surface area contributed by atoms with E-state index in [1.165, 1.54) is 11.1 Å². The maximum atomic E-state index is 6.45. The highest BCUT2D eigenvalue weighted by Gasteiger charge is 2.24. The molecule has 142 valence electrons. The summed E-state index contributed by atoms with van der Waals surface area (Å²) >= 11 is 1.63. The third-order valence-electron chi connectivity index (χ3n) is 4.96. The second-order valence-corrected chi connectivity index (χ2v) is 7.76. The Bertz CT molecular complexity index is 1150. The first-order valence-corrected chi connectivity index (χ1v) is 10.4. The van der Waals surface area contributed by atoms with Gasteiger partial charge in [0.1, 0.15) is 0 Å². The molecule has 1 aromatic heterocycles. The molecule has 0 aliphatic carbocycles. The molecule has 1 unspecified atom stereocenters. The topological polar surface area (TPSA) is 69.1 Å². The van der Waals surface area contributed by atoms with Gasteiger partial charge in [0.05, 0.1) is 11.8 Å². The number of nitrogens with zero attached hydrogens (tertiary/aromatic N) is 4. The maximum absolute atomic E-state index is 6.45. The van der Waals surface area contributed by atoms with E-state index in [0.717, 1.165) is 27.7 Å². The van der Waals surface area contributed by atoms with Gasteiger partial charge in [-0.05, 0) is 22.3 Å². The predicted molar refractivity (Wildman–Crippen MR) is 117 cm³/mol. The van der Waals surface area contributed by atoms with Gasteiger partial charge in [0.2, 0.25) is 5.16 Å².